The number of hydrogen-bond acceptors (Lipinski definition) is 3. The minimum atomic E-state index is 0.436. The monoisotopic (exact) mass is 300 g/mol. The van der Waals surface area contributed by atoms with E-state index in [0.29, 0.717) is 11.0 Å². The van der Waals surface area contributed by atoms with E-state index in [2.05, 4.69) is 31.0 Å². The fourth-order valence-corrected chi connectivity index (χ4v) is 2.01. The van der Waals surface area contributed by atoms with Gasteiger partial charge < -0.3 is 0 Å². The van der Waals surface area contributed by atoms with Crippen molar-refractivity contribution >= 4 is 27.5 Å². The molecule has 0 atom stereocenters. The van der Waals surface area contributed by atoms with Crippen LogP contribution in [0.2, 0.25) is 5.15 Å². The van der Waals surface area contributed by atoms with E-state index in [0.717, 1.165) is 22.2 Å². The Labute approximate surface area is 107 Å². The molecule has 0 saturated carbocycles. The molecule has 2 aromatic rings. The summed E-state index contributed by atoms with van der Waals surface area (Å²) in [5.41, 5.74) is 1.77. The van der Waals surface area contributed by atoms with Gasteiger partial charge in [-0.05, 0) is 22.4 Å². The second-order valence-corrected chi connectivity index (χ2v) is 4.51. The predicted molar refractivity (Wildman–Crippen MR) is 66.3 cm³/mol. The molecule has 84 valence electrons. The number of aryl methyl sites for hydroxylation is 2. The zero-order valence-electron chi connectivity index (χ0n) is 8.91. The standard InChI is InChI=1S/C10H10BrClN4/c1-3-7-8(11)9(12)15-10(14-7)6-4-13-16(2)5-6/h4-5H,3H2,1-2H3. The Morgan fingerprint density at radius 3 is 2.75 bits per heavy atom. The first-order valence-electron chi connectivity index (χ1n) is 4.82. The average Bonchev–Trinajstić information content (AvgIpc) is 2.69. The highest BCUT2D eigenvalue weighted by atomic mass is 79.9. The first-order chi connectivity index (χ1) is 7.61. The fraction of sp³-hybridized carbons (Fsp3) is 0.300. The van der Waals surface area contributed by atoms with Crippen LogP contribution in [-0.4, -0.2) is 19.7 Å². The molecule has 0 unspecified atom stereocenters. The zero-order chi connectivity index (χ0) is 11.7. The first kappa shape index (κ1) is 11.5. The van der Waals surface area contributed by atoms with Crippen molar-refractivity contribution in [2.45, 2.75) is 13.3 Å². The van der Waals surface area contributed by atoms with E-state index in [1.54, 1.807) is 10.9 Å². The fourth-order valence-electron chi connectivity index (χ4n) is 1.36. The smallest absolute Gasteiger partial charge is 0.164 e. The van der Waals surface area contributed by atoms with Crippen LogP contribution in [0.4, 0.5) is 0 Å². The molecule has 0 saturated heterocycles. The lowest BCUT2D eigenvalue weighted by atomic mass is 10.3. The largest absolute Gasteiger partial charge is 0.275 e. The zero-order valence-corrected chi connectivity index (χ0v) is 11.2. The normalized spacial score (nSPS) is 10.8. The molecule has 0 aliphatic rings. The number of hydrogen-bond donors (Lipinski definition) is 0. The molecule has 0 aliphatic carbocycles. The third-order valence-corrected chi connectivity index (χ3v) is 3.51. The quantitative estimate of drug-likeness (QED) is 0.801. The highest BCUT2D eigenvalue weighted by Crippen LogP contribution is 2.26. The van der Waals surface area contributed by atoms with E-state index in [1.807, 2.05) is 20.2 Å². The highest BCUT2D eigenvalue weighted by Gasteiger charge is 2.11. The molecular formula is C10H10BrClN4. The molecule has 0 aromatic carbocycles. The molecule has 4 nitrogen and oxygen atoms in total. The van der Waals surface area contributed by atoms with Crippen LogP contribution in [0.25, 0.3) is 11.4 Å². The summed E-state index contributed by atoms with van der Waals surface area (Å²) in [4.78, 5) is 8.66. The minimum absolute atomic E-state index is 0.436. The number of nitrogens with zero attached hydrogens (tertiary/aromatic N) is 4. The SMILES string of the molecule is CCc1nc(-c2cnn(C)c2)nc(Cl)c1Br. The van der Waals surface area contributed by atoms with Gasteiger partial charge in [-0.25, -0.2) is 9.97 Å². The van der Waals surface area contributed by atoms with Gasteiger partial charge in [-0.3, -0.25) is 4.68 Å². The molecule has 2 aromatic heterocycles. The van der Waals surface area contributed by atoms with Crippen molar-refractivity contribution in [1.29, 1.82) is 0 Å². The summed E-state index contributed by atoms with van der Waals surface area (Å²) < 4.78 is 2.48. The Balaban J connectivity index is 2.54. The molecule has 0 amide bonds. The Hall–Kier alpha value is -0.940. The third kappa shape index (κ3) is 2.10. The molecule has 0 radical (unpaired) electrons. The van der Waals surface area contributed by atoms with Gasteiger partial charge in [0.25, 0.3) is 0 Å². The van der Waals surface area contributed by atoms with E-state index in [-0.39, 0.29) is 0 Å². The van der Waals surface area contributed by atoms with Crippen LogP contribution in [0, 0.1) is 0 Å². The second kappa shape index (κ2) is 4.51. The molecule has 6 heteroatoms. The molecular weight excluding hydrogens is 291 g/mol. The van der Waals surface area contributed by atoms with Crippen molar-refractivity contribution < 1.29 is 0 Å². The van der Waals surface area contributed by atoms with E-state index >= 15 is 0 Å². The Bertz CT molecular complexity index is 524. The van der Waals surface area contributed by atoms with Crippen molar-refractivity contribution in [3.8, 4) is 11.4 Å². The Morgan fingerprint density at radius 2 is 2.19 bits per heavy atom. The molecule has 0 bridgehead atoms. The lowest BCUT2D eigenvalue weighted by molar-refractivity contribution is 0.768. The molecule has 16 heavy (non-hydrogen) atoms. The summed E-state index contributed by atoms with van der Waals surface area (Å²) >= 11 is 9.40. The minimum Gasteiger partial charge on any atom is -0.275 e. The van der Waals surface area contributed by atoms with Crippen LogP contribution in [-0.2, 0) is 13.5 Å². The van der Waals surface area contributed by atoms with Crippen molar-refractivity contribution in [2.24, 2.45) is 7.05 Å². The van der Waals surface area contributed by atoms with Gasteiger partial charge in [0.05, 0.1) is 21.9 Å². The summed E-state index contributed by atoms with van der Waals surface area (Å²) in [6, 6.07) is 0. The highest BCUT2D eigenvalue weighted by molar-refractivity contribution is 9.10. The summed E-state index contributed by atoms with van der Waals surface area (Å²) in [7, 11) is 1.85. The van der Waals surface area contributed by atoms with Gasteiger partial charge in [-0.15, -0.1) is 0 Å². The van der Waals surface area contributed by atoms with Crippen molar-refractivity contribution in [3.05, 3.63) is 27.7 Å². The van der Waals surface area contributed by atoms with Crippen molar-refractivity contribution in [1.82, 2.24) is 19.7 Å². The van der Waals surface area contributed by atoms with Gasteiger partial charge >= 0.3 is 0 Å². The third-order valence-electron chi connectivity index (χ3n) is 2.18. The average molecular weight is 302 g/mol. The summed E-state index contributed by atoms with van der Waals surface area (Å²) in [5, 5.41) is 4.52. The Kier molecular flexibility index (Phi) is 3.25. The van der Waals surface area contributed by atoms with Crippen molar-refractivity contribution in [3.63, 3.8) is 0 Å². The van der Waals surface area contributed by atoms with E-state index in [4.69, 9.17) is 11.6 Å². The van der Waals surface area contributed by atoms with Crippen LogP contribution in [0.15, 0.2) is 16.9 Å². The summed E-state index contributed by atoms with van der Waals surface area (Å²) in [6.07, 6.45) is 4.38. The summed E-state index contributed by atoms with van der Waals surface area (Å²) in [6.45, 7) is 2.02. The summed E-state index contributed by atoms with van der Waals surface area (Å²) in [5.74, 6) is 0.609. The number of halogens is 2. The lowest BCUT2D eigenvalue weighted by Gasteiger charge is -2.04. The van der Waals surface area contributed by atoms with Gasteiger partial charge in [-0.1, -0.05) is 18.5 Å². The second-order valence-electron chi connectivity index (χ2n) is 3.35. The molecule has 0 spiro atoms. The van der Waals surface area contributed by atoms with Crippen LogP contribution in [0.1, 0.15) is 12.6 Å². The predicted octanol–water partition coefficient (Wildman–Crippen LogP) is 2.86. The van der Waals surface area contributed by atoms with Crippen LogP contribution < -0.4 is 0 Å². The van der Waals surface area contributed by atoms with E-state index in [9.17, 15) is 0 Å². The van der Waals surface area contributed by atoms with Gasteiger partial charge in [0.2, 0.25) is 0 Å². The maximum absolute atomic E-state index is 6.03. The van der Waals surface area contributed by atoms with Gasteiger partial charge in [0, 0.05) is 13.2 Å². The maximum atomic E-state index is 6.03. The van der Waals surface area contributed by atoms with Gasteiger partial charge in [-0.2, -0.15) is 5.10 Å². The van der Waals surface area contributed by atoms with Crippen molar-refractivity contribution in [2.75, 3.05) is 0 Å². The molecule has 2 rings (SSSR count). The van der Waals surface area contributed by atoms with E-state index < -0.39 is 0 Å². The first-order valence-corrected chi connectivity index (χ1v) is 5.99. The lowest BCUT2D eigenvalue weighted by Crippen LogP contribution is -1.96. The topological polar surface area (TPSA) is 43.6 Å². The maximum Gasteiger partial charge on any atom is 0.164 e. The van der Waals surface area contributed by atoms with Crippen LogP contribution in [0.3, 0.4) is 0 Å². The molecule has 0 N–H and O–H groups in total. The molecule has 0 aliphatic heterocycles. The van der Waals surface area contributed by atoms with Gasteiger partial charge in [0.15, 0.2) is 5.82 Å². The molecule has 0 fully saturated rings. The number of rotatable bonds is 2. The van der Waals surface area contributed by atoms with Gasteiger partial charge in [0.1, 0.15) is 5.15 Å². The number of aromatic nitrogens is 4. The van der Waals surface area contributed by atoms with E-state index in [1.165, 1.54) is 0 Å². The van der Waals surface area contributed by atoms with Crippen LogP contribution in [0.5, 0.6) is 0 Å². The molecule has 2 heterocycles. The Morgan fingerprint density at radius 1 is 1.44 bits per heavy atom. The van der Waals surface area contributed by atoms with Crippen LogP contribution >= 0.6 is 27.5 Å².